The number of likely N-dealkylation sites (N-methyl/N-ethyl adjacent to an activating group) is 1. The van der Waals surface area contributed by atoms with E-state index >= 15 is 0 Å². The fourth-order valence-corrected chi connectivity index (χ4v) is 4.60. The average molecular weight is 520 g/mol. The summed E-state index contributed by atoms with van der Waals surface area (Å²) in [6.45, 7) is 0. The standard InChI is InChI=1S/C22H16ClF6N3OS/c1-32-20(33)22(31-21(32)30,14-8-10-16(11-9-14)34(25,26,27,28)29)15-5-2-4-13(12-15)17-6-3-7-18(23)19(17)24/h2-12H,1H3,(H2,30,31). The maximum Gasteiger partial charge on any atom is 0.310 e. The number of carbonyl (C=O) groups is 1. The molecule has 1 heterocycles. The Hall–Kier alpha value is -3.18. The van der Waals surface area contributed by atoms with Crippen LogP contribution in [0.3, 0.4) is 0 Å². The molecule has 3 aromatic carbocycles. The summed E-state index contributed by atoms with van der Waals surface area (Å²) >= 11 is 5.86. The number of hydrogen-bond donors (Lipinski definition) is 1. The largest absolute Gasteiger partial charge is 0.369 e. The molecule has 1 amide bonds. The minimum absolute atomic E-state index is 0.108. The molecule has 0 fully saturated rings. The van der Waals surface area contributed by atoms with Crippen LogP contribution in [-0.4, -0.2) is 23.8 Å². The minimum atomic E-state index is -9.94. The lowest BCUT2D eigenvalue weighted by Gasteiger charge is -2.40. The van der Waals surface area contributed by atoms with Gasteiger partial charge in [0, 0.05) is 12.6 Å². The lowest BCUT2D eigenvalue weighted by atomic mass is 9.81. The van der Waals surface area contributed by atoms with Crippen LogP contribution in [0.2, 0.25) is 5.02 Å². The number of guanidine groups is 1. The van der Waals surface area contributed by atoms with E-state index in [4.69, 9.17) is 17.3 Å². The van der Waals surface area contributed by atoms with Crippen LogP contribution in [0.15, 0.2) is 76.6 Å². The highest BCUT2D eigenvalue weighted by atomic mass is 35.5. The molecule has 3 aromatic rings. The zero-order chi connectivity index (χ0) is 25.2. The van der Waals surface area contributed by atoms with Crippen molar-refractivity contribution in [2.45, 2.75) is 10.4 Å². The van der Waals surface area contributed by atoms with Crippen molar-refractivity contribution in [3.05, 3.63) is 88.7 Å². The number of hydrogen-bond acceptors (Lipinski definition) is 3. The molecule has 12 heteroatoms. The summed E-state index contributed by atoms with van der Waals surface area (Å²) in [4.78, 5) is 16.4. The molecule has 180 valence electrons. The molecule has 4 nitrogen and oxygen atoms in total. The number of nitrogens with zero attached hydrogens (tertiary/aromatic N) is 2. The zero-order valence-electron chi connectivity index (χ0n) is 17.3. The number of carbonyl (C=O) groups excluding carboxylic acids is 1. The second-order valence-electron chi connectivity index (χ2n) is 7.72. The van der Waals surface area contributed by atoms with E-state index < -0.39 is 32.4 Å². The highest BCUT2D eigenvalue weighted by molar-refractivity contribution is 8.45. The first-order chi connectivity index (χ1) is 15.5. The Morgan fingerprint density at radius 1 is 0.941 bits per heavy atom. The quantitative estimate of drug-likeness (QED) is 0.384. The van der Waals surface area contributed by atoms with Crippen LogP contribution >= 0.6 is 21.8 Å². The number of amides is 1. The van der Waals surface area contributed by atoms with E-state index in [9.17, 15) is 28.6 Å². The van der Waals surface area contributed by atoms with E-state index in [0.717, 1.165) is 17.0 Å². The van der Waals surface area contributed by atoms with Crippen LogP contribution in [0.25, 0.3) is 11.1 Å². The van der Waals surface area contributed by atoms with Gasteiger partial charge < -0.3 is 5.73 Å². The summed E-state index contributed by atoms with van der Waals surface area (Å²) in [5.41, 5.74) is 4.29. The summed E-state index contributed by atoms with van der Waals surface area (Å²) in [6, 6.07) is 12.2. The predicted octanol–water partition coefficient (Wildman–Crippen LogP) is 6.83. The molecule has 0 spiro atoms. The summed E-state index contributed by atoms with van der Waals surface area (Å²) in [5, 5.41) is -0.136. The molecule has 0 aliphatic carbocycles. The van der Waals surface area contributed by atoms with Gasteiger partial charge in [0.25, 0.3) is 5.91 Å². The summed E-state index contributed by atoms with van der Waals surface area (Å²) in [7, 11) is -8.62. The molecule has 1 aliphatic heterocycles. The van der Waals surface area contributed by atoms with Gasteiger partial charge in [0.1, 0.15) is 10.7 Å². The topological polar surface area (TPSA) is 58.7 Å². The highest BCUT2D eigenvalue weighted by Crippen LogP contribution is 3.02. The van der Waals surface area contributed by atoms with Crippen molar-refractivity contribution in [2.24, 2.45) is 10.7 Å². The Bertz CT molecular complexity index is 1360. The van der Waals surface area contributed by atoms with Gasteiger partial charge in [-0.1, -0.05) is 73.5 Å². The highest BCUT2D eigenvalue weighted by Gasteiger charge is 2.65. The fourth-order valence-electron chi connectivity index (χ4n) is 3.78. The number of halogens is 7. The predicted molar refractivity (Wildman–Crippen MR) is 120 cm³/mol. The zero-order valence-corrected chi connectivity index (χ0v) is 18.9. The van der Waals surface area contributed by atoms with E-state index in [-0.39, 0.29) is 39.8 Å². The van der Waals surface area contributed by atoms with Crippen molar-refractivity contribution in [3.8, 4) is 11.1 Å². The molecule has 1 aliphatic rings. The van der Waals surface area contributed by atoms with Crippen molar-refractivity contribution in [1.82, 2.24) is 4.90 Å². The lowest BCUT2D eigenvalue weighted by molar-refractivity contribution is -0.129. The fraction of sp³-hybridized carbons (Fsp3) is 0.0909. The number of nitrogens with two attached hydrogens (primary N) is 1. The molecule has 4 rings (SSSR count). The summed E-state index contributed by atoms with van der Waals surface area (Å²) in [6.07, 6.45) is 0. The summed E-state index contributed by atoms with van der Waals surface area (Å²) < 4.78 is 80.7. The first kappa shape index (κ1) is 24.0. The molecular weight excluding hydrogens is 504 g/mol. The monoisotopic (exact) mass is 519 g/mol. The van der Waals surface area contributed by atoms with Crippen molar-refractivity contribution >= 4 is 33.7 Å². The van der Waals surface area contributed by atoms with Gasteiger partial charge in [-0.05, 0) is 41.0 Å². The molecule has 1 atom stereocenters. The van der Waals surface area contributed by atoms with Crippen LogP contribution in [0, 0.1) is 5.82 Å². The Kier molecular flexibility index (Phi) is 4.88. The molecule has 2 N–H and O–H groups in total. The molecule has 0 aromatic heterocycles. The Morgan fingerprint density at radius 2 is 1.56 bits per heavy atom. The molecule has 0 saturated heterocycles. The minimum Gasteiger partial charge on any atom is -0.369 e. The second kappa shape index (κ2) is 6.92. The molecule has 34 heavy (non-hydrogen) atoms. The van der Waals surface area contributed by atoms with E-state index in [1.807, 2.05) is 0 Å². The molecule has 0 saturated carbocycles. The van der Waals surface area contributed by atoms with Crippen LogP contribution < -0.4 is 5.73 Å². The smallest absolute Gasteiger partial charge is 0.310 e. The van der Waals surface area contributed by atoms with Crippen LogP contribution in [-0.2, 0) is 10.3 Å². The normalized spacial score (nSPS) is 20.6. The Labute approximate surface area is 195 Å². The SMILES string of the molecule is CN1C(=O)C(c2ccc(S(F)(F)(F)(F)F)cc2)(c2cccc(-c3cccc(Cl)c3F)c2)N=C1N. The van der Waals surface area contributed by atoms with Crippen molar-refractivity contribution in [3.63, 3.8) is 0 Å². The molecule has 0 radical (unpaired) electrons. The maximum absolute atomic E-state index is 14.6. The van der Waals surface area contributed by atoms with Gasteiger partial charge in [-0.2, -0.15) is 0 Å². The Morgan fingerprint density at radius 3 is 2.12 bits per heavy atom. The van der Waals surface area contributed by atoms with E-state index in [1.54, 1.807) is 6.07 Å². The van der Waals surface area contributed by atoms with Gasteiger partial charge in [-0.15, -0.1) is 0 Å². The van der Waals surface area contributed by atoms with Gasteiger partial charge in [0.15, 0.2) is 11.5 Å². The maximum atomic E-state index is 14.6. The third-order valence-electron chi connectivity index (χ3n) is 5.50. The van der Waals surface area contributed by atoms with Gasteiger partial charge in [0.05, 0.1) is 5.02 Å². The van der Waals surface area contributed by atoms with E-state index in [1.165, 1.54) is 43.4 Å². The first-order valence-corrected chi connectivity index (χ1v) is 11.9. The lowest BCUT2D eigenvalue weighted by Crippen LogP contribution is -2.41. The van der Waals surface area contributed by atoms with Crippen molar-refractivity contribution < 1.29 is 28.6 Å². The molecule has 0 bridgehead atoms. The third-order valence-corrected chi connectivity index (χ3v) is 6.96. The van der Waals surface area contributed by atoms with Gasteiger partial charge in [-0.3, -0.25) is 9.69 Å². The van der Waals surface area contributed by atoms with Crippen LogP contribution in [0.5, 0.6) is 0 Å². The second-order valence-corrected chi connectivity index (χ2v) is 10.5. The van der Waals surface area contributed by atoms with Gasteiger partial charge >= 0.3 is 10.2 Å². The van der Waals surface area contributed by atoms with Gasteiger partial charge in [0.2, 0.25) is 0 Å². The number of rotatable bonds is 4. The van der Waals surface area contributed by atoms with E-state index in [2.05, 4.69) is 4.99 Å². The van der Waals surface area contributed by atoms with Crippen LogP contribution in [0.4, 0.5) is 23.8 Å². The average Bonchev–Trinajstić information content (AvgIpc) is 2.99. The first-order valence-electron chi connectivity index (χ1n) is 9.57. The molecular formula is C22H16ClF6N3OS. The third kappa shape index (κ3) is 3.88. The molecule has 1 unspecified atom stereocenters. The summed E-state index contributed by atoms with van der Waals surface area (Å²) in [5.74, 6) is -1.68. The number of benzene rings is 3. The van der Waals surface area contributed by atoms with Crippen LogP contribution in [0.1, 0.15) is 11.1 Å². The van der Waals surface area contributed by atoms with Crippen molar-refractivity contribution in [2.75, 3.05) is 7.05 Å². The van der Waals surface area contributed by atoms with E-state index in [0.29, 0.717) is 5.56 Å². The van der Waals surface area contributed by atoms with Crippen molar-refractivity contribution in [1.29, 1.82) is 0 Å². The van der Waals surface area contributed by atoms with Gasteiger partial charge in [-0.25, -0.2) is 9.38 Å². The number of aliphatic imine (C=N–C) groups is 1. The Balaban J connectivity index is 1.94.